The van der Waals surface area contributed by atoms with Gasteiger partial charge in [0, 0.05) is 12.8 Å². The number of carbonyl (C=O) groups is 3. The highest BCUT2D eigenvalue weighted by molar-refractivity contribution is 5.83. The van der Waals surface area contributed by atoms with Gasteiger partial charge in [-0.2, -0.15) is 0 Å². The summed E-state index contributed by atoms with van der Waals surface area (Å²) in [6.45, 7) is 4.80. The van der Waals surface area contributed by atoms with Gasteiger partial charge in [-0.15, -0.1) is 0 Å². The van der Waals surface area contributed by atoms with Gasteiger partial charge in [0.25, 0.3) is 0 Å². The summed E-state index contributed by atoms with van der Waals surface area (Å²) < 4.78 is 5.90. The molecule has 0 spiro atoms. The number of esters is 1. The molecule has 2 atom stereocenters. The maximum atomic E-state index is 12.7. The number of carboxylic acids is 1. The van der Waals surface area contributed by atoms with E-state index >= 15 is 0 Å². The van der Waals surface area contributed by atoms with E-state index in [4.69, 9.17) is 10.5 Å². The van der Waals surface area contributed by atoms with Gasteiger partial charge in [-0.05, 0) is 96.1 Å². The predicted molar refractivity (Wildman–Crippen MR) is 206 cm³/mol. The maximum absolute atomic E-state index is 12.7. The molecule has 49 heavy (non-hydrogen) atoms. The molecule has 0 aromatic heterocycles. The lowest BCUT2D eigenvalue weighted by Gasteiger charge is -2.15. The molecule has 1 amide bonds. The third-order valence-electron chi connectivity index (χ3n) is 8.61. The summed E-state index contributed by atoms with van der Waals surface area (Å²) in [4.78, 5) is 36.1. The van der Waals surface area contributed by atoms with E-state index < -0.39 is 12.0 Å². The summed E-state index contributed by atoms with van der Waals surface area (Å²) in [5, 5.41) is 11.9. The summed E-state index contributed by atoms with van der Waals surface area (Å²) >= 11 is 0. The number of hydrogen-bond donors (Lipinski definition) is 3. The van der Waals surface area contributed by atoms with E-state index in [1.165, 1.54) is 57.8 Å². The number of ether oxygens (including phenoxy) is 1. The molecule has 0 aromatic carbocycles. The van der Waals surface area contributed by atoms with Crippen molar-refractivity contribution < 1.29 is 24.2 Å². The zero-order valence-corrected chi connectivity index (χ0v) is 31.5. The Morgan fingerprint density at radius 2 is 1.18 bits per heavy atom. The molecule has 4 N–H and O–H groups in total. The summed E-state index contributed by atoms with van der Waals surface area (Å²) in [5.74, 6) is -1.31. The molecule has 0 heterocycles. The van der Waals surface area contributed by atoms with E-state index in [0.717, 1.165) is 83.5 Å². The predicted octanol–water partition coefficient (Wildman–Crippen LogP) is 10.8. The summed E-state index contributed by atoms with van der Waals surface area (Å²) in [7, 11) is 0. The van der Waals surface area contributed by atoms with Gasteiger partial charge < -0.3 is 20.9 Å². The number of carboxylic acid groups (broad SMARTS) is 1. The fourth-order valence-electron chi connectivity index (χ4n) is 5.61. The maximum Gasteiger partial charge on any atom is 0.326 e. The average molecular weight is 687 g/mol. The van der Waals surface area contributed by atoms with Crippen LogP contribution < -0.4 is 11.1 Å². The Hall–Kier alpha value is -2.67. The van der Waals surface area contributed by atoms with E-state index in [9.17, 15) is 19.5 Å². The fraction of sp³-hybridized carbons (Fsp3) is 0.738. The van der Waals surface area contributed by atoms with Crippen LogP contribution in [-0.2, 0) is 19.1 Å². The van der Waals surface area contributed by atoms with Crippen molar-refractivity contribution in [2.75, 3.05) is 6.54 Å². The molecule has 0 saturated heterocycles. The molecule has 7 nitrogen and oxygen atoms in total. The van der Waals surface area contributed by atoms with E-state index in [1.54, 1.807) is 0 Å². The molecular weight excluding hydrogens is 612 g/mol. The van der Waals surface area contributed by atoms with Crippen LogP contribution in [0.3, 0.4) is 0 Å². The normalized spacial score (nSPS) is 13.2. The van der Waals surface area contributed by atoms with Crippen molar-refractivity contribution in [3.05, 3.63) is 48.6 Å². The number of aliphatic carboxylic acids is 1. The zero-order valence-electron chi connectivity index (χ0n) is 31.5. The fourth-order valence-corrected chi connectivity index (χ4v) is 5.61. The van der Waals surface area contributed by atoms with Crippen LogP contribution in [0.4, 0.5) is 0 Å². The van der Waals surface area contributed by atoms with Gasteiger partial charge in [0.15, 0.2) is 0 Å². The Bertz CT molecular complexity index is 911. The van der Waals surface area contributed by atoms with Crippen LogP contribution in [0.5, 0.6) is 0 Å². The van der Waals surface area contributed by atoms with Gasteiger partial charge >= 0.3 is 11.9 Å². The van der Waals surface area contributed by atoms with E-state index in [1.807, 2.05) is 0 Å². The third kappa shape index (κ3) is 33.6. The highest BCUT2D eigenvalue weighted by atomic mass is 16.5. The minimum absolute atomic E-state index is 0.0943. The second kappa shape index (κ2) is 36.6. The number of rotatable bonds is 35. The second-order valence-corrected chi connectivity index (χ2v) is 13.3. The third-order valence-corrected chi connectivity index (χ3v) is 8.61. The smallest absolute Gasteiger partial charge is 0.326 e. The zero-order chi connectivity index (χ0) is 36.0. The van der Waals surface area contributed by atoms with Crippen LogP contribution in [0.25, 0.3) is 0 Å². The number of nitrogens with one attached hydrogen (secondary N) is 1. The number of hydrogen-bond acceptors (Lipinski definition) is 5. The first kappa shape index (κ1) is 46.3. The van der Waals surface area contributed by atoms with Crippen molar-refractivity contribution in [1.82, 2.24) is 5.32 Å². The van der Waals surface area contributed by atoms with Gasteiger partial charge in [0.1, 0.15) is 12.1 Å². The van der Waals surface area contributed by atoms with Gasteiger partial charge in [0.2, 0.25) is 5.91 Å². The van der Waals surface area contributed by atoms with Crippen molar-refractivity contribution in [1.29, 1.82) is 0 Å². The number of amides is 1. The van der Waals surface area contributed by atoms with Gasteiger partial charge in [0.05, 0.1) is 0 Å². The lowest BCUT2D eigenvalue weighted by molar-refractivity contribution is -0.147. The van der Waals surface area contributed by atoms with Crippen molar-refractivity contribution in [3.63, 3.8) is 0 Å². The molecule has 0 aliphatic carbocycles. The Balaban J connectivity index is 4.32. The number of unbranched alkanes of at least 4 members (excludes halogenated alkanes) is 15. The van der Waals surface area contributed by atoms with Crippen LogP contribution in [-0.4, -0.2) is 41.6 Å². The first-order valence-corrected chi connectivity index (χ1v) is 20.0. The van der Waals surface area contributed by atoms with Gasteiger partial charge in [-0.25, -0.2) is 4.79 Å². The highest BCUT2D eigenvalue weighted by Crippen LogP contribution is 2.15. The lowest BCUT2D eigenvalue weighted by atomic mass is 10.0. The monoisotopic (exact) mass is 687 g/mol. The topological polar surface area (TPSA) is 119 Å². The summed E-state index contributed by atoms with van der Waals surface area (Å²) in [6, 6.07) is -0.858. The molecule has 0 aliphatic rings. The van der Waals surface area contributed by atoms with Gasteiger partial charge in [-0.3, -0.25) is 9.59 Å². The molecule has 0 aliphatic heterocycles. The lowest BCUT2D eigenvalue weighted by Crippen LogP contribution is -2.40. The summed E-state index contributed by atoms with van der Waals surface area (Å²) in [6.07, 6.45) is 43.2. The Morgan fingerprint density at radius 1 is 0.633 bits per heavy atom. The molecule has 0 aromatic rings. The number of carbonyl (C=O) groups excluding carboxylic acids is 2. The van der Waals surface area contributed by atoms with Crippen molar-refractivity contribution >= 4 is 17.8 Å². The highest BCUT2D eigenvalue weighted by Gasteiger charge is 2.18. The van der Waals surface area contributed by atoms with Crippen molar-refractivity contribution in [2.24, 2.45) is 5.73 Å². The minimum Gasteiger partial charge on any atom is -0.480 e. The van der Waals surface area contributed by atoms with Crippen molar-refractivity contribution in [3.8, 4) is 0 Å². The largest absolute Gasteiger partial charge is 0.480 e. The quantitative estimate of drug-likeness (QED) is 0.0347. The Morgan fingerprint density at radius 3 is 1.80 bits per heavy atom. The van der Waals surface area contributed by atoms with E-state index in [0.29, 0.717) is 32.2 Å². The standard InChI is InChI=1S/C42H74N2O5/c1-3-5-7-9-11-13-14-15-16-17-18-20-26-30-36-41(46)49-38(32-27-23-19-12-10-8-6-4-2)33-28-24-21-22-25-29-35-40(45)44-39(42(47)48)34-31-37-43/h6,8,12,14-15,19,27,32,38-39H,3-5,7,9-11,13,16-18,20-26,28-31,33-37,43H2,1-2H3,(H,44,45)(H,47,48)/b8-6-,15-14-,19-12-,32-27-. The van der Waals surface area contributed by atoms with Crippen molar-refractivity contribution in [2.45, 2.75) is 193 Å². The Labute approximate surface area is 300 Å². The van der Waals surface area contributed by atoms with E-state index in [2.05, 4.69) is 67.8 Å². The van der Waals surface area contributed by atoms with Crippen LogP contribution in [0.15, 0.2) is 48.6 Å². The number of nitrogens with two attached hydrogens (primary N) is 1. The van der Waals surface area contributed by atoms with Crippen LogP contribution in [0, 0.1) is 0 Å². The SMILES string of the molecule is CC/C=C\C/C=C\C/C=C\C(CCCCCCCCC(=O)NC(CCCN)C(=O)O)OC(=O)CCCCCCC/C=C\CCCCCCC. The molecule has 7 heteroatoms. The molecule has 0 radical (unpaired) electrons. The number of allylic oxidation sites excluding steroid dienone is 7. The molecule has 0 bridgehead atoms. The first-order chi connectivity index (χ1) is 23.9. The van der Waals surface area contributed by atoms with Crippen LogP contribution in [0.2, 0.25) is 0 Å². The minimum atomic E-state index is -1.01. The summed E-state index contributed by atoms with van der Waals surface area (Å²) in [5.41, 5.74) is 5.46. The van der Waals surface area contributed by atoms with Crippen LogP contribution in [0.1, 0.15) is 181 Å². The van der Waals surface area contributed by atoms with E-state index in [-0.39, 0.29) is 18.0 Å². The average Bonchev–Trinajstić information content (AvgIpc) is 3.08. The molecule has 0 rings (SSSR count). The molecular formula is C42H74N2O5. The molecule has 282 valence electrons. The molecule has 2 unspecified atom stereocenters. The molecule has 0 fully saturated rings. The van der Waals surface area contributed by atoms with Crippen LogP contribution >= 0.6 is 0 Å². The van der Waals surface area contributed by atoms with Gasteiger partial charge in [-0.1, -0.05) is 127 Å². The first-order valence-electron chi connectivity index (χ1n) is 20.0. The Kier molecular flexibility index (Phi) is 34.6. The second-order valence-electron chi connectivity index (χ2n) is 13.3. The molecule has 0 saturated carbocycles.